The van der Waals surface area contributed by atoms with Crippen LogP contribution in [-0.2, 0) is 13.6 Å². The normalized spacial score (nSPS) is 16.9. The number of aromatic nitrogens is 1. The number of carbonyl (C=O) groups excluding carboxylic acids is 1. The number of hydrogen-bond acceptors (Lipinski definition) is 6. The van der Waals surface area contributed by atoms with Crippen LogP contribution in [0.2, 0.25) is 0 Å². The van der Waals surface area contributed by atoms with E-state index in [9.17, 15) is 9.90 Å². The molecule has 3 heterocycles. The van der Waals surface area contributed by atoms with Gasteiger partial charge in [0.2, 0.25) is 5.78 Å². The number of allylic oxidation sites excluding steroid dienone is 1. The van der Waals surface area contributed by atoms with E-state index in [0.29, 0.717) is 23.4 Å². The number of fused-ring (bicyclic) bond motifs is 2. The molecule has 0 amide bonds. The first-order valence-electron chi connectivity index (χ1n) is 12.5. The number of aryl methyl sites for hydroxylation is 1. The standard InChI is InChI=1S/C30H29N3O4/c1-31-18-20(23-5-3-4-6-26(23)31)17-28-29(35)24-11-12-27(34)25(30(24)37-28)19-32-13-15-33(16-14-32)21-7-9-22(36-2)10-8-21/h3-12,17-18,34H,13-16,19H2,1-2H3/b28-17+. The molecule has 0 aliphatic carbocycles. The fraction of sp³-hybridized carbons (Fsp3) is 0.233. The van der Waals surface area contributed by atoms with Crippen LogP contribution in [0.15, 0.2) is 72.6 Å². The fourth-order valence-corrected chi connectivity index (χ4v) is 5.26. The summed E-state index contributed by atoms with van der Waals surface area (Å²) in [6, 6.07) is 19.4. The molecule has 1 saturated heterocycles. The van der Waals surface area contributed by atoms with Gasteiger partial charge in [0.05, 0.1) is 18.2 Å². The highest BCUT2D eigenvalue weighted by Gasteiger charge is 2.32. The van der Waals surface area contributed by atoms with E-state index in [1.54, 1.807) is 25.3 Å². The molecule has 6 rings (SSSR count). The van der Waals surface area contributed by atoms with E-state index < -0.39 is 0 Å². The Bertz CT molecular complexity index is 1510. The highest BCUT2D eigenvalue weighted by atomic mass is 16.5. The number of para-hydroxylation sites is 1. The van der Waals surface area contributed by atoms with E-state index in [1.165, 1.54) is 5.69 Å². The minimum Gasteiger partial charge on any atom is -0.507 e. The van der Waals surface area contributed by atoms with Crippen molar-refractivity contribution in [3.8, 4) is 17.2 Å². The zero-order valence-corrected chi connectivity index (χ0v) is 21.0. The largest absolute Gasteiger partial charge is 0.507 e. The Morgan fingerprint density at radius 2 is 1.76 bits per heavy atom. The molecule has 0 spiro atoms. The summed E-state index contributed by atoms with van der Waals surface area (Å²) in [7, 11) is 3.66. The summed E-state index contributed by atoms with van der Waals surface area (Å²) in [6.07, 6.45) is 3.80. The maximum atomic E-state index is 13.2. The van der Waals surface area contributed by atoms with Gasteiger partial charge in [-0.15, -0.1) is 0 Å². The third-order valence-electron chi connectivity index (χ3n) is 7.32. The lowest BCUT2D eigenvalue weighted by molar-refractivity contribution is 0.101. The maximum absolute atomic E-state index is 13.2. The molecular formula is C30H29N3O4. The van der Waals surface area contributed by atoms with Gasteiger partial charge in [-0.05, 0) is 48.5 Å². The molecule has 3 aromatic carbocycles. The zero-order chi connectivity index (χ0) is 25.5. The lowest BCUT2D eigenvalue weighted by Crippen LogP contribution is -2.46. The van der Waals surface area contributed by atoms with Crippen LogP contribution in [0.5, 0.6) is 17.2 Å². The molecule has 0 unspecified atom stereocenters. The van der Waals surface area contributed by atoms with Crippen molar-refractivity contribution in [1.29, 1.82) is 0 Å². The Hall–Kier alpha value is -4.23. The molecule has 37 heavy (non-hydrogen) atoms. The number of carbonyl (C=O) groups is 1. The van der Waals surface area contributed by atoms with Gasteiger partial charge < -0.3 is 24.0 Å². The van der Waals surface area contributed by atoms with Crippen molar-refractivity contribution < 1.29 is 19.4 Å². The summed E-state index contributed by atoms with van der Waals surface area (Å²) in [5.74, 6) is 1.58. The van der Waals surface area contributed by atoms with Crippen molar-refractivity contribution in [1.82, 2.24) is 9.47 Å². The summed E-state index contributed by atoms with van der Waals surface area (Å²) >= 11 is 0. The number of ketones is 1. The third kappa shape index (κ3) is 4.21. The Morgan fingerprint density at radius 1 is 1.00 bits per heavy atom. The molecule has 0 radical (unpaired) electrons. The predicted octanol–water partition coefficient (Wildman–Crippen LogP) is 4.83. The molecule has 1 aromatic heterocycles. The predicted molar refractivity (Wildman–Crippen MR) is 144 cm³/mol. The average molecular weight is 496 g/mol. The lowest BCUT2D eigenvalue weighted by atomic mass is 10.0. The summed E-state index contributed by atoms with van der Waals surface area (Å²) in [4.78, 5) is 17.9. The molecule has 7 nitrogen and oxygen atoms in total. The van der Waals surface area contributed by atoms with Crippen molar-refractivity contribution in [2.75, 3.05) is 38.2 Å². The smallest absolute Gasteiger partial charge is 0.231 e. The number of Topliss-reactive ketones (excluding diaryl/α,β-unsaturated/α-hetero) is 1. The van der Waals surface area contributed by atoms with E-state index in [4.69, 9.17) is 9.47 Å². The van der Waals surface area contributed by atoms with Crippen LogP contribution in [0.25, 0.3) is 17.0 Å². The number of aromatic hydroxyl groups is 1. The zero-order valence-electron chi connectivity index (χ0n) is 21.0. The maximum Gasteiger partial charge on any atom is 0.231 e. The van der Waals surface area contributed by atoms with Crippen LogP contribution < -0.4 is 14.4 Å². The van der Waals surface area contributed by atoms with Gasteiger partial charge in [0.15, 0.2) is 5.76 Å². The summed E-state index contributed by atoms with van der Waals surface area (Å²) in [5.41, 5.74) is 4.33. The first kappa shape index (κ1) is 23.2. The topological polar surface area (TPSA) is 67.2 Å². The van der Waals surface area contributed by atoms with Crippen LogP contribution in [0, 0.1) is 0 Å². The molecule has 4 aromatic rings. The van der Waals surface area contributed by atoms with Crippen molar-refractivity contribution in [2.24, 2.45) is 7.05 Å². The average Bonchev–Trinajstić information content (AvgIpc) is 3.42. The fourth-order valence-electron chi connectivity index (χ4n) is 5.26. The number of rotatable bonds is 5. The summed E-state index contributed by atoms with van der Waals surface area (Å²) < 4.78 is 13.4. The second kappa shape index (κ2) is 9.33. The highest BCUT2D eigenvalue weighted by molar-refractivity contribution is 6.15. The quantitative estimate of drug-likeness (QED) is 0.400. The van der Waals surface area contributed by atoms with E-state index in [-0.39, 0.29) is 17.3 Å². The number of benzene rings is 3. The van der Waals surface area contributed by atoms with Crippen molar-refractivity contribution in [3.63, 3.8) is 0 Å². The SMILES string of the molecule is COc1ccc(N2CCN(Cc3c(O)ccc4c3O/C(=C/c3cn(C)c5ccccc35)C4=O)CC2)cc1. The Labute approximate surface area is 215 Å². The number of nitrogens with zero attached hydrogens (tertiary/aromatic N) is 3. The highest BCUT2D eigenvalue weighted by Crippen LogP contribution is 2.40. The van der Waals surface area contributed by atoms with Gasteiger partial charge >= 0.3 is 0 Å². The number of anilines is 1. The number of ether oxygens (including phenoxy) is 2. The van der Waals surface area contributed by atoms with Crippen LogP contribution in [0.3, 0.4) is 0 Å². The molecule has 0 bridgehead atoms. The van der Waals surface area contributed by atoms with Crippen molar-refractivity contribution >= 4 is 28.4 Å². The van der Waals surface area contributed by atoms with Gasteiger partial charge in [0.25, 0.3) is 0 Å². The monoisotopic (exact) mass is 495 g/mol. The van der Waals surface area contributed by atoms with Gasteiger partial charge in [-0.1, -0.05) is 18.2 Å². The van der Waals surface area contributed by atoms with Gasteiger partial charge in [-0.25, -0.2) is 0 Å². The first-order valence-corrected chi connectivity index (χ1v) is 12.5. The molecular weight excluding hydrogens is 466 g/mol. The molecule has 1 N–H and O–H groups in total. The number of phenolic OH excluding ortho intramolecular Hbond substituents is 1. The van der Waals surface area contributed by atoms with Crippen molar-refractivity contribution in [3.05, 3.63) is 89.3 Å². The number of piperazine rings is 1. The molecule has 0 saturated carbocycles. The van der Waals surface area contributed by atoms with Gasteiger partial charge in [-0.3, -0.25) is 9.69 Å². The molecule has 0 atom stereocenters. The van der Waals surface area contributed by atoms with E-state index in [2.05, 4.69) is 21.9 Å². The molecule has 2 aliphatic rings. The number of methoxy groups -OCH3 is 1. The van der Waals surface area contributed by atoms with Crippen LogP contribution in [0.4, 0.5) is 5.69 Å². The van der Waals surface area contributed by atoms with Gasteiger partial charge in [-0.2, -0.15) is 0 Å². The third-order valence-corrected chi connectivity index (χ3v) is 7.32. The first-order chi connectivity index (χ1) is 18.0. The number of hydrogen-bond donors (Lipinski definition) is 1. The Morgan fingerprint density at radius 3 is 2.51 bits per heavy atom. The Balaban J connectivity index is 1.21. The summed E-state index contributed by atoms with van der Waals surface area (Å²) in [5, 5.41) is 11.8. The molecule has 188 valence electrons. The molecule has 2 aliphatic heterocycles. The van der Waals surface area contributed by atoms with Gasteiger partial charge in [0, 0.05) is 68.1 Å². The number of phenols is 1. The van der Waals surface area contributed by atoms with Gasteiger partial charge in [0.1, 0.15) is 17.2 Å². The molecule has 7 heteroatoms. The van der Waals surface area contributed by atoms with Crippen molar-refractivity contribution in [2.45, 2.75) is 6.54 Å². The van der Waals surface area contributed by atoms with E-state index in [0.717, 1.165) is 48.4 Å². The van der Waals surface area contributed by atoms with Crippen LogP contribution >= 0.6 is 0 Å². The second-order valence-corrected chi connectivity index (χ2v) is 9.55. The van der Waals surface area contributed by atoms with Crippen LogP contribution in [0.1, 0.15) is 21.5 Å². The minimum atomic E-state index is -0.159. The lowest BCUT2D eigenvalue weighted by Gasteiger charge is -2.36. The Kier molecular flexibility index (Phi) is 5.85. The van der Waals surface area contributed by atoms with Crippen LogP contribution in [-0.4, -0.2) is 53.6 Å². The van der Waals surface area contributed by atoms with E-state index >= 15 is 0 Å². The second-order valence-electron chi connectivity index (χ2n) is 9.55. The summed E-state index contributed by atoms with van der Waals surface area (Å²) in [6.45, 7) is 3.92. The minimum absolute atomic E-state index is 0.149. The van der Waals surface area contributed by atoms with E-state index in [1.807, 2.05) is 54.2 Å². The molecule has 1 fully saturated rings.